The quantitative estimate of drug-likeness (QED) is 0.293. The number of halogens is 1. The van der Waals surface area contributed by atoms with Gasteiger partial charge in [0.15, 0.2) is 17.5 Å². The largest absolute Gasteiger partial charge is 0.502 e. The van der Waals surface area contributed by atoms with Crippen LogP contribution in [0.5, 0.6) is 17.2 Å². The standard InChI is InChI=1S/C21H35N3O3.HI/c1-6-22-21(24-17-9-7-16(8-10-17)14(2)3)23-13-15-11-18(26-4)20(25)19(12-15)27-5;/h11-12,14,16-17,25H,6-10,13H2,1-5H3,(H2,22,23,24);1H. The van der Waals surface area contributed by atoms with E-state index < -0.39 is 0 Å². The summed E-state index contributed by atoms with van der Waals surface area (Å²) >= 11 is 0. The molecule has 1 aromatic rings. The third kappa shape index (κ3) is 6.90. The summed E-state index contributed by atoms with van der Waals surface area (Å²) in [6.45, 7) is 8.01. The first kappa shape index (κ1) is 24.7. The molecule has 1 fully saturated rings. The van der Waals surface area contributed by atoms with Crippen LogP contribution in [0.25, 0.3) is 0 Å². The molecular weight excluding hydrogens is 469 g/mol. The minimum absolute atomic E-state index is 0. The van der Waals surface area contributed by atoms with Crippen LogP contribution >= 0.6 is 24.0 Å². The Morgan fingerprint density at radius 3 is 2.18 bits per heavy atom. The predicted octanol–water partition coefficient (Wildman–Crippen LogP) is 4.30. The first-order valence-corrected chi connectivity index (χ1v) is 9.97. The molecule has 160 valence electrons. The number of methoxy groups -OCH3 is 2. The SMILES string of the molecule is CCNC(=NCc1cc(OC)c(O)c(OC)c1)NC1CCC(C(C)C)CC1.I. The molecule has 2 rings (SSSR count). The number of benzene rings is 1. The molecule has 0 unspecified atom stereocenters. The lowest BCUT2D eigenvalue weighted by Gasteiger charge is -2.32. The lowest BCUT2D eigenvalue weighted by molar-refractivity contribution is 0.250. The average Bonchev–Trinajstić information content (AvgIpc) is 2.67. The van der Waals surface area contributed by atoms with Gasteiger partial charge in [0.2, 0.25) is 5.75 Å². The van der Waals surface area contributed by atoms with Gasteiger partial charge < -0.3 is 25.2 Å². The zero-order valence-electron chi connectivity index (χ0n) is 17.7. The molecule has 0 spiro atoms. The van der Waals surface area contributed by atoms with Gasteiger partial charge in [-0.3, -0.25) is 0 Å². The van der Waals surface area contributed by atoms with Crippen LogP contribution in [-0.2, 0) is 6.54 Å². The van der Waals surface area contributed by atoms with Gasteiger partial charge >= 0.3 is 0 Å². The van der Waals surface area contributed by atoms with Gasteiger partial charge in [0.25, 0.3) is 0 Å². The number of rotatable bonds is 7. The van der Waals surface area contributed by atoms with Crippen molar-refractivity contribution in [2.75, 3.05) is 20.8 Å². The van der Waals surface area contributed by atoms with Crippen molar-refractivity contribution in [3.05, 3.63) is 17.7 Å². The highest BCUT2D eigenvalue weighted by Gasteiger charge is 2.23. The maximum Gasteiger partial charge on any atom is 0.200 e. The van der Waals surface area contributed by atoms with E-state index in [0.717, 1.165) is 29.9 Å². The lowest BCUT2D eigenvalue weighted by Crippen LogP contribution is -2.45. The second-order valence-electron chi connectivity index (χ2n) is 7.54. The second-order valence-corrected chi connectivity index (χ2v) is 7.54. The molecule has 0 aromatic heterocycles. The summed E-state index contributed by atoms with van der Waals surface area (Å²) in [4.78, 5) is 4.71. The van der Waals surface area contributed by atoms with Gasteiger partial charge in [0.05, 0.1) is 20.8 Å². The van der Waals surface area contributed by atoms with E-state index in [1.807, 2.05) is 0 Å². The Balaban J connectivity index is 0.00000392. The molecule has 6 nitrogen and oxygen atoms in total. The maximum atomic E-state index is 10.0. The third-order valence-corrected chi connectivity index (χ3v) is 5.36. The normalized spacial score (nSPS) is 19.7. The van der Waals surface area contributed by atoms with Crippen LogP contribution in [0.1, 0.15) is 52.0 Å². The Hall–Kier alpha value is -1.38. The van der Waals surface area contributed by atoms with E-state index in [9.17, 15) is 5.11 Å². The predicted molar refractivity (Wildman–Crippen MR) is 125 cm³/mol. The highest BCUT2D eigenvalue weighted by molar-refractivity contribution is 14.0. The number of aliphatic imine (C=N–C) groups is 1. The molecule has 0 amide bonds. The zero-order valence-corrected chi connectivity index (χ0v) is 20.1. The van der Waals surface area contributed by atoms with Crippen LogP contribution in [0, 0.1) is 11.8 Å². The van der Waals surface area contributed by atoms with Crippen molar-refractivity contribution < 1.29 is 14.6 Å². The molecular formula is C21H36IN3O3. The topological polar surface area (TPSA) is 75.1 Å². The van der Waals surface area contributed by atoms with Gasteiger partial charge in [0, 0.05) is 12.6 Å². The Labute approximate surface area is 186 Å². The van der Waals surface area contributed by atoms with Crippen molar-refractivity contribution in [2.45, 2.75) is 59.0 Å². The van der Waals surface area contributed by atoms with E-state index >= 15 is 0 Å². The van der Waals surface area contributed by atoms with Gasteiger partial charge in [-0.05, 0) is 62.1 Å². The summed E-state index contributed by atoms with van der Waals surface area (Å²) < 4.78 is 10.4. The van der Waals surface area contributed by atoms with Crippen molar-refractivity contribution in [3.63, 3.8) is 0 Å². The molecule has 0 heterocycles. The van der Waals surface area contributed by atoms with Crippen LogP contribution < -0.4 is 20.1 Å². The first-order chi connectivity index (χ1) is 13.0. The number of guanidine groups is 1. The molecule has 1 aliphatic carbocycles. The Morgan fingerprint density at radius 2 is 1.71 bits per heavy atom. The molecule has 3 N–H and O–H groups in total. The molecule has 7 heteroatoms. The van der Waals surface area contributed by atoms with Crippen molar-refractivity contribution >= 4 is 29.9 Å². The zero-order chi connectivity index (χ0) is 19.8. The number of nitrogens with zero attached hydrogens (tertiary/aromatic N) is 1. The summed E-state index contributed by atoms with van der Waals surface area (Å²) in [5.41, 5.74) is 0.919. The summed E-state index contributed by atoms with van der Waals surface area (Å²) in [7, 11) is 3.06. The molecule has 1 saturated carbocycles. The van der Waals surface area contributed by atoms with E-state index in [-0.39, 0.29) is 29.7 Å². The number of hydrogen-bond acceptors (Lipinski definition) is 4. The highest BCUT2D eigenvalue weighted by atomic mass is 127. The van der Waals surface area contributed by atoms with Crippen molar-refractivity contribution in [1.82, 2.24) is 10.6 Å². The fraction of sp³-hybridized carbons (Fsp3) is 0.667. The second kappa shape index (κ2) is 12.2. The molecule has 0 saturated heterocycles. The Bertz CT molecular complexity index is 604. The Morgan fingerprint density at radius 1 is 1.14 bits per heavy atom. The van der Waals surface area contributed by atoms with E-state index in [4.69, 9.17) is 14.5 Å². The van der Waals surface area contributed by atoms with Gasteiger partial charge in [-0.15, -0.1) is 24.0 Å². The summed E-state index contributed by atoms with van der Waals surface area (Å²) in [6, 6.07) is 4.05. The smallest absolute Gasteiger partial charge is 0.200 e. The van der Waals surface area contributed by atoms with Crippen LogP contribution in [0.15, 0.2) is 17.1 Å². The van der Waals surface area contributed by atoms with Gasteiger partial charge in [-0.25, -0.2) is 4.99 Å². The summed E-state index contributed by atoms with van der Waals surface area (Å²) in [5.74, 6) is 3.25. The van der Waals surface area contributed by atoms with E-state index in [1.54, 1.807) is 12.1 Å². The van der Waals surface area contributed by atoms with Crippen molar-refractivity contribution in [1.29, 1.82) is 0 Å². The Kier molecular flexibility index (Phi) is 10.8. The number of phenolic OH excluding ortho intramolecular Hbond substituents is 1. The van der Waals surface area contributed by atoms with Crippen molar-refractivity contribution in [2.24, 2.45) is 16.8 Å². The lowest BCUT2D eigenvalue weighted by atomic mass is 9.80. The van der Waals surface area contributed by atoms with Crippen LogP contribution in [-0.4, -0.2) is 37.9 Å². The third-order valence-electron chi connectivity index (χ3n) is 5.36. The molecule has 0 aliphatic heterocycles. The van der Waals surface area contributed by atoms with Gasteiger partial charge in [0.1, 0.15) is 0 Å². The fourth-order valence-electron chi connectivity index (χ4n) is 3.65. The van der Waals surface area contributed by atoms with Crippen molar-refractivity contribution in [3.8, 4) is 17.2 Å². The van der Waals surface area contributed by atoms with Crippen LogP contribution in [0.3, 0.4) is 0 Å². The van der Waals surface area contributed by atoms with E-state index in [0.29, 0.717) is 24.1 Å². The first-order valence-electron chi connectivity index (χ1n) is 9.97. The molecule has 28 heavy (non-hydrogen) atoms. The fourth-order valence-corrected chi connectivity index (χ4v) is 3.65. The van der Waals surface area contributed by atoms with E-state index in [2.05, 4.69) is 31.4 Å². The number of aromatic hydroxyl groups is 1. The van der Waals surface area contributed by atoms with Crippen LogP contribution in [0.2, 0.25) is 0 Å². The minimum atomic E-state index is 0. The number of ether oxygens (including phenoxy) is 2. The summed E-state index contributed by atoms with van der Waals surface area (Å²) in [5, 5.41) is 17.0. The van der Waals surface area contributed by atoms with Gasteiger partial charge in [-0.2, -0.15) is 0 Å². The number of nitrogens with one attached hydrogen (secondary N) is 2. The molecule has 1 aliphatic rings. The molecule has 0 atom stereocenters. The molecule has 1 aromatic carbocycles. The van der Waals surface area contributed by atoms with Gasteiger partial charge in [-0.1, -0.05) is 13.8 Å². The van der Waals surface area contributed by atoms with Crippen LogP contribution in [0.4, 0.5) is 0 Å². The highest BCUT2D eigenvalue weighted by Crippen LogP contribution is 2.37. The number of hydrogen-bond donors (Lipinski definition) is 3. The number of phenols is 1. The maximum absolute atomic E-state index is 10.0. The monoisotopic (exact) mass is 505 g/mol. The average molecular weight is 505 g/mol. The van der Waals surface area contributed by atoms with E-state index in [1.165, 1.54) is 39.9 Å². The summed E-state index contributed by atoms with van der Waals surface area (Å²) in [6.07, 6.45) is 4.93. The molecule has 0 radical (unpaired) electrons. The molecule has 0 bridgehead atoms. The minimum Gasteiger partial charge on any atom is -0.502 e.